The molecule has 0 aromatic heterocycles. The van der Waals surface area contributed by atoms with Gasteiger partial charge in [-0.3, -0.25) is 0 Å². The fourth-order valence-electron chi connectivity index (χ4n) is 2.23. The van der Waals surface area contributed by atoms with Gasteiger partial charge in [-0.2, -0.15) is 0 Å². The topological polar surface area (TPSA) is 58.2 Å². The van der Waals surface area contributed by atoms with E-state index in [1.165, 1.54) is 0 Å². The van der Waals surface area contributed by atoms with Crippen LogP contribution in [0.2, 0.25) is 10.0 Å². The minimum Gasteiger partial charge on any atom is -0.316 e. The average Bonchev–Trinajstić information content (AvgIpc) is 2.30. The lowest BCUT2D eigenvalue weighted by Crippen LogP contribution is -2.48. The molecule has 2 atom stereocenters. The molecule has 2 unspecified atom stereocenters. The number of halogens is 4. The van der Waals surface area contributed by atoms with Crippen LogP contribution in [0.25, 0.3) is 0 Å². The van der Waals surface area contributed by atoms with Gasteiger partial charge in [0.2, 0.25) is 10.0 Å². The van der Waals surface area contributed by atoms with Crippen molar-refractivity contribution in [2.75, 3.05) is 13.1 Å². The van der Waals surface area contributed by atoms with Crippen LogP contribution in [0.4, 0.5) is 4.39 Å². The van der Waals surface area contributed by atoms with Gasteiger partial charge in [0.25, 0.3) is 0 Å². The molecule has 1 aliphatic heterocycles. The summed E-state index contributed by atoms with van der Waals surface area (Å²) in [7, 11) is -3.88. The van der Waals surface area contributed by atoms with Crippen LogP contribution in [-0.2, 0) is 10.0 Å². The smallest absolute Gasteiger partial charge is 0.243 e. The van der Waals surface area contributed by atoms with E-state index in [9.17, 15) is 12.8 Å². The number of piperidine rings is 1. The molecule has 9 heteroatoms. The van der Waals surface area contributed by atoms with Gasteiger partial charge < -0.3 is 5.32 Å². The van der Waals surface area contributed by atoms with E-state index in [0.29, 0.717) is 6.42 Å². The van der Waals surface area contributed by atoms with Crippen molar-refractivity contribution in [1.82, 2.24) is 10.0 Å². The van der Waals surface area contributed by atoms with E-state index >= 15 is 0 Å². The second-order valence-corrected chi connectivity index (χ2v) is 7.36. The van der Waals surface area contributed by atoms with Gasteiger partial charge in [-0.05, 0) is 37.6 Å². The minimum atomic E-state index is -3.88. The summed E-state index contributed by atoms with van der Waals surface area (Å²) < 4.78 is 40.5. The van der Waals surface area contributed by atoms with Crippen molar-refractivity contribution in [2.45, 2.75) is 24.3 Å². The second-order valence-electron chi connectivity index (χ2n) is 4.90. The maximum atomic E-state index is 13.1. The van der Waals surface area contributed by atoms with E-state index in [2.05, 4.69) is 10.0 Å². The molecule has 0 bridgehead atoms. The van der Waals surface area contributed by atoms with Crippen molar-refractivity contribution in [3.8, 4) is 0 Å². The first-order chi connectivity index (χ1) is 9.31. The van der Waals surface area contributed by atoms with Crippen LogP contribution in [0.15, 0.2) is 17.0 Å². The molecule has 0 spiro atoms. The normalized spacial score (nSPS) is 22.7. The zero-order valence-electron chi connectivity index (χ0n) is 11.2. The highest BCUT2D eigenvalue weighted by Crippen LogP contribution is 2.31. The summed E-state index contributed by atoms with van der Waals surface area (Å²) in [5.74, 6) is -0.522. The number of rotatable bonds is 3. The molecule has 0 aliphatic carbocycles. The first kappa shape index (κ1) is 18.9. The maximum Gasteiger partial charge on any atom is 0.243 e. The third-order valence-corrected chi connectivity index (χ3v) is 5.73. The first-order valence-electron chi connectivity index (χ1n) is 6.19. The van der Waals surface area contributed by atoms with Crippen molar-refractivity contribution in [3.05, 3.63) is 28.0 Å². The monoisotopic (exact) mass is 376 g/mol. The first-order valence-corrected chi connectivity index (χ1v) is 8.43. The lowest BCUT2D eigenvalue weighted by Gasteiger charge is -2.30. The van der Waals surface area contributed by atoms with Crippen molar-refractivity contribution in [3.63, 3.8) is 0 Å². The summed E-state index contributed by atoms with van der Waals surface area (Å²) in [6.45, 7) is 3.42. The second kappa shape index (κ2) is 7.44. The summed E-state index contributed by atoms with van der Waals surface area (Å²) >= 11 is 11.6. The van der Waals surface area contributed by atoms with E-state index in [1.807, 2.05) is 6.92 Å². The molecule has 0 radical (unpaired) electrons. The number of benzene rings is 1. The third-order valence-electron chi connectivity index (χ3n) is 3.32. The molecule has 2 rings (SSSR count). The zero-order valence-corrected chi connectivity index (χ0v) is 14.3. The fraction of sp³-hybridized carbons (Fsp3) is 0.500. The van der Waals surface area contributed by atoms with Gasteiger partial charge in [-0.15, -0.1) is 12.4 Å². The molecule has 1 fully saturated rings. The Morgan fingerprint density at radius 2 is 1.90 bits per heavy atom. The van der Waals surface area contributed by atoms with E-state index in [-0.39, 0.29) is 39.3 Å². The SMILES string of the molecule is CC1CNCCC1NS(=O)(=O)c1c(Cl)cc(F)cc1Cl.Cl. The van der Waals surface area contributed by atoms with Crippen LogP contribution in [0.5, 0.6) is 0 Å². The molecular weight excluding hydrogens is 362 g/mol. The molecule has 1 heterocycles. The molecule has 1 aromatic rings. The standard InChI is InChI=1S/C12H15Cl2FN2O2S.ClH/c1-7-6-16-3-2-11(7)17-20(18,19)12-9(13)4-8(15)5-10(12)14;/h4-5,7,11,16-17H,2-3,6H2,1H3;1H. The molecule has 4 nitrogen and oxygen atoms in total. The largest absolute Gasteiger partial charge is 0.316 e. The van der Waals surface area contributed by atoms with Crippen molar-refractivity contribution < 1.29 is 12.8 Å². The van der Waals surface area contributed by atoms with Gasteiger partial charge in [0.15, 0.2) is 0 Å². The Balaban J connectivity index is 0.00000220. The number of hydrogen-bond acceptors (Lipinski definition) is 3. The Morgan fingerprint density at radius 3 is 2.43 bits per heavy atom. The Morgan fingerprint density at radius 1 is 1.33 bits per heavy atom. The molecular formula is C12H16Cl3FN2O2S. The Bertz CT molecular complexity index is 590. The third kappa shape index (κ3) is 4.43. The van der Waals surface area contributed by atoms with Crippen LogP contribution in [0.1, 0.15) is 13.3 Å². The van der Waals surface area contributed by atoms with Crippen LogP contribution >= 0.6 is 35.6 Å². The quantitative estimate of drug-likeness (QED) is 0.851. The van der Waals surface area contributed by atoms with Gasteiger partial charge >= 0.3 is 0 Å². The molecule has 1 aromatic carbocycles. The van der Waals surface area contributed by atoms with E-state index in [1.54, 1.807) is 0 Å². The highest BCUT2D eigenvalue weighted by molar-refractivity contribution is 7.89. The number of sulfonamides is 1. The molecule has 120 valence electrons. The Hall–Kier alpha value is -0.110. The molecule has 0 amide bonds. The lowest BCUT2D eigenvalue weighted by molar-refractivity contribution is 0.328. The summed E-state index contributed by atoms with van der Waals surface area (Å²) in [4.78, 5) is -0.270. The Kier molecular flexibility index (Phi) is 6.71. The summed E-state index contributed by atoms with van der Waals surface area (Å²) in [5.41, 5.74) is 0. The average molecular weight is 378 g/mol. The van der Waals surface area contributed by atoms with Gasteiger partial charge in [0, 0.05) is 6.04 Å². The minimum absolute atomic E-state index is 0. The summed E-state index contributed by atoms with van der Waals surface area (Å²) in [6, 6.07) is 1.68. The highest BCUT2D eigenvalue weighted by atomic mass is 35.5. The van der Waals surface area contributed by atoms with E-state index in [0.717, 1.165) is 25.2 Å². The molecule has 0 saturated carbocycles. The van der Waals surface area contributed by atoms with E-state index in [4.69, 9.17) is 23.2 Å². The van der Waals surface area contributed by atoms with Gasteiger partial charge in [-0.1, -0.05) is 30.1 Å². The molecule has 1 saturated heterocycles. The van der Waals surface area contributed by atoms with Gasteiger partial charge in [-0.25, -0.2) is 17.5 Å². The van der Waals surface area contributed by atoms with Crippen LogP contribution < -0.4 is 10.0 Å². The van der Waals surface area contributed by atoms with Crippen LogP contribution in [0, 0.1) is 11.7 Å². The summed E-state index contributed by atoms with van der Waals surface area (Å²) in [6.07, 6.45) is 0.677. The predicted molar refractivity (Wildman–Crippen MR) is 84.4 cm³/mol. The molecule has 1 aliphatic rings. The predicted octanol–water partition coefficient (Wildman–Crippen LogP) is 2.83. The maximum absolute atomic E-state index is 13.1. The lowest BCUT2D eigenvalue weighted by atomic mass is 9.97. The van der Waals surface area contributed by atoms with Gasteiger partial charge in [0.1, 0.15) is 10.7 Å². The van der Waals surface area contributed by atoms with Crippen molar-refractivity contribution in [1.29, 1.82) is 0 Å². The molecule has 2 N–H and O–H groups in total. The fourth-order valence-corrected chi connectivity index (χ4v) is 4.80. The zero-order chi connectivity index (χ0) is 14.9. The number of hydrogen-bond donors (Lipinski definition) is 2. The van der Waals surface area contributed by atoms with Crippen LogP contribution in [0.3, 0.4) is 0 Å². The van der Waals surface area contributed by atoms with Crippen LogP contribution in [-0.4, -0.2) is 27.5 Å². The highest BCUT2D eigenvalue weighted by Gasteiger charge is 2.29. The number of nitrogens with one attached hydrogen (secondary N) is 2. The molecule has 21 heavy (non-hydrogen) atoms. The van der Waals surface area contributed by atoms with Crippen molar-refractivity contribution in [2.24, 2.45) is 5.92 Å². The Labute approximate surface area is 139 Å². The van der Waals surface area contributed by atoms with Gasteiger partial charge in [0.05, 0.1) is 10.0 Å². The van der Waals surface area contributed by atoms with Crippen molar-refractivity contribution >= 4 is 45.6 Å². The summed E-state index contributed by atoms with van der Waals surface area (Å²) in [5, 5.41) is 2.75. The van der Waals surface area contributed by atoms with E-state index < -0.39 is 15.8 Å².